The van der Waals surface area contributed by atoms with Crippen LogP contribution in [0.25, 0.3) is 0 Å². The van der Waals surface area contributed by atoms with Crippen LogP contribution in [0.5, 0.6) is 0 Å². The molecule has 0 aliphatic rings. The fraction of sp³-hybridized carbons (Fsp3) is 0.500. The summed E-state index contributed by atoms with van der Waals surface area (Å²) in [7, 11) is -6.01. The minimum absolute atomic E-state index is 0.0640. The van der Waals surface area contributed by atoms with Crippen LogP contribution in [0.15, 0.2) is 23.1 Å². The molecule has 19 heavy (non-hydrogen) atoms. The van der Waals surface area contributed by atoms with Crippen LogP contribution >= 0.6 is 23.2 Å². The summed E-state index contributed by atoms with van der Waals surface area (Å²) >= 11 is 11.6. The molecule has 0 amide bonds. The van der Waals surface area contributed by atoms with E-state index in [4.69, 9.17) is 27.1 Å². The Hall–Kier alpha value is -0.0731. The normalized spacial score (nSPS) is 12.7. The van der Waals surface area contributed by atoms with E-state index in [-0.39, 0.29) is 9.92 Å². The Morgan fingerprint density at radius 1 is 1.05 bits per heavy atom. The molecule has 3 nitrogen and oxygen atoms in total. The van der Waals surface area contributed by atoms with Crippen molar-refractivity contribution >= 4 is 41.6 Å². The van der Waals surface area contributed by atoms with Crippen molar-refractivity contribution in [1.82, 2.24) is 0 Å². The fourth-order valence-corrected chi connectivity index (χ4v) is 7.86. The molecule has 0 radical (unpaired) electrons. The predicted molar refractivity (Wildman–Crippen MR) is 81.9 cm³/mol. The van der Waals surface area contributed by atoms with E-state index in [1.165, 1.54) is 18.2 Å². The second-order valence-corrected chi connectivity index (χ2v) is 11.7. The molecule has 0 heterocycles. The highest BCUT2D eigenvalue weighted by Gasteiger charge is 2.35. The lowest BCUT2D eigenvalue weighted by Crippen LogP contribution is -2.38. The van der Waals surface area contributed by atoms with Gasteiger partial charge in [0, 0.05) is 0 Å². The van der Waals surface area contributed by atoms with Crippen LogP contribution in [0.2, 0.25) is 28.2 Å². The molecule has 0 aromatic heterocycles. The van der Waals surface area contributed by atoms with Gasteiger partial charge in [0.1, 0.15) is 0 Å². The zero-order valence-electron chi connectivity index (χ0n) is 11.2. The summed E-state index contributed by atoms with van der Waals surface area (Å²) in [5.41, 5.74) is 0. The summed E-state index contributed by atoms with van der Waals surface area (Å²) in [5, 5.41) is 0.536. The van der Waals surface area contributed by atoms with E-state index in [0.29, 0.717) is 5.02 Å². The molecule has 0 aliphatic carbocycles. The van der Waals surface area contributed by atoms with Gasteiger partial charge in [0.25, 0.3) is 10.1 Å². The Kier molecular flexibility index (Phi) is 5.89. The van der Waals surface area contributed by atoms with Crippen LogP contribution in [0.4, 0.5) is 0 Å². The SMILES string of the molecule is CC[Si](CC)(CC)OS(=O)(=O)c1ccc(Cl)c(Cl)c1. The van der Waals surface area contributed by atoms with Gasteiger partial charge in [0.05, 0.1) is 14.9 Å². The van der Waals surface area contributed by atoms with Crippen molar-refractivity contribution < 1.29 is 12.3 Å². The van der Waals surface area contributed by atoms with Crippen molar-refractivity contribution in [2.75, 3.05) is 0 Å². The van der Waals surface area contributed by atoms with Gasteiger partial charge in [0.15, 0.2) is 0 Å². The number of benzene rings is 1. The summed E-state index contributed by atoms with van der Waals surface area (Å²) in [6.07, 6.45) is 0. The first-order valence-electron chi connectivity index (χ1n) is 6.21. The highest BCUT2D eigenvalue weighted by atomic mass is 35.5. The van der Waals surface area contributed by atoms with Gasteiger partial charge in [-0.2, -0.15) is 8.42 Å². The smallest absolute Gasteiger partial charge is 0.287 e. The number of hydrogen-bond donors (Lipinski definition) is 0. The third-order valence-corrected chi connectivity index (χ3v) is 11.1. The quantitative estimate of drug-likeness (QED) is 0.704. The van der Waals surface area contributed by atoms with Crippen LogP contribution in [0.3, 0.4) is 0 Å². The second-order valence-electron chi connectivity index (χ2n) is 4.36. The molecule has 1 rings (SSSR count). The molecule has 108 valence electrons. The monoisotopic (exact) mass is 340 g/mol. The van der Waals surface area contributed by atoms with Gasteiger partial charge < -0.3 is 3.87 Å². The van der Waals surface area contributed by atoms with E-state index < -0.39 is 18.4 Å². The average Bonchev–Trinajstić information content (AvgIpc) is 2.39. The first-order valence-corrected chi connectivity index (χ1v) is 10.9. The Labute approximate surface area is 126 Å². The average molecular weight is 341 g/mol. The lowest BCUT2D eigenvalue weighted by molar-refractivity contribution is 0.474. The van der Waals surface area contributed by atoms with Gasteiger partial charge >= 0.3 is 0 Å². The zero-order valence-corrected chi connectivity index (χ0v) is 14.6. The van der Waals surface area contributed by atoms with Crippen molar-refractivity contribution in [2.24, 2.45) is 0 Å². The van der Waals surface area contributed by atoms with E-state index in [9.17, 15) is 8.42 Å². The molecular weight excluding hydrogens is 323 g/mol. The van der Waals surface area contributed by atoms with Crippen LogP contribution < -0.4 is 0 Å². The minimum atomic E-state index is -3.77. The van der Waals surface area contributed by atoms with E-state index in [1.54, 1.807) is 0 Å². The number of rotatable bonds is 6. The van der Waals surface area contributed by atoms with Gasteiger partial charge in [-0.3, -0.25) is 0 Å². The Morgan fingerprint density at radius 3 is 2.00 bits per heavy atom. The molecule has 1 aromatic carbocycles. The maximum atomic E-state index is 12.3. The van der Waals surface area contributed by atoms with Gasteiger partial charge in [-0.15, -0.1) is 0 Å². The maximum Gasteiger partial charge on any atom is 0.287 e. The molecule has 0 fully saturated rings. The van der Waals surface area contributed by atoms with E-state index in [0.717, 1.165) is 18.1 Å². The fourth-order valence-electron chi connectivity index (χ4n) is 1.84. The van der Waals surface area contributed by atoms with Gasteiger partial charge in [-0.1, -0.05) is 44.0 Å². The van der Waals surface area contributed by atoms with Gasteiger partial charge in [0.2, 0.25) is 8.32 Å². The molecule has 0 unspecified atom stereocenters. The zero-order chi connectivity index (χ0) is 14.7. The maximum absolute atomic E-state index is 12.3. The van der Waals surface area contributed by atoms with E-state index in [2.05, 4.69) is 0 Å². The molecule has 0 spiro atoms. The van der Waals surface area contributed by atoms with Crippen LogP contribution in [-0.2, 0) is 14.0 Å². The van der Waals surface area contributed by atoms with E-state index in [1.807, 2.05) is 20.8 Å². The van der Waals surface area contributed by atoms with Crippen molar-refractivity contribution in [3.63, 3.8) is 0 Å². The van der Waals surface area contributed by atoms with Crippen molar-refractivity contribution in [3.05, 3.63) is 28.2 Å². The highest BCUT2D eigenvalue weighted by Crippen LogP contribution is 2.30. The van der Waals surface area contributed by atoms with Gasteiger partial charge in [-0.25, -0.2) is 0 Å². The lowest BCUT2D eigenvalue weighted by atomic mass is 10.4. The molecule has 0 saturated carbocycles. The molecular formula is C12H18Cl2O3SSi. The third kappa shape index (κ3) is 3.95. The largest absolute Gasteiger partial charge is 0.311 e. The van der Waals surface area contributed by atoms with Crippen LogP contribution in [0.1, 0.15) is 20.8 Å². The standard InChI is InChI=1S/C12H18Cl2O3SSi/c1-4-19(5-2,6-3)17-18(15,16)10-7-8-11(13)12(14)9-10/h7-9H,4-6H2,1-3H3. The Morgan fingerprint density at radius 2 is 1.58 bits per heavy atom. The minimum Gasteiger partial charge on any atom is -0.311 e. The number of hydrogen-bond acceptors (Lipinski definition) is 3. The van der Waals surface area contributed by atoms with Crippen molar-refractivity contribution in [3.8, 4) is 0 Å². The summed E-state index contributed by atoms with van der Waals surface area (Å²) in [6, 6.07) is 6.51. The highest BCUT2D eigenvalue weighted by molar-refractivity contribution is 7.87. The first kappa shape index (κ1) is 17.0. The Balaban J connectivity index is 3.14. The molecule has 7 heteroatoms. The Bertz CT molecular complexity index is 534. The third-order valence-electron chi connectivity index (χ3n) is 3.40. The molecule has 0 N–H and O–H groups in total. The van der Waals surface area contributed by atoms with Crippen LogP contribution in [0, 0.1) is 0 Å². The van der Waals surface area contributed by atoms with Crippen LogP contribution in [-0.4, -0.2) is 16.7 Å². The number of halogens is 2. The van der Waals surface area contributed by atoms with E-state index >= 15 is 0 Å². The molecule has 0 saturated heterocycles. The lowest BCUT2D eigenvalue weighted by Gasteiger charge is -2.26. The summed E-state index contributed by atoms with van der Waals surface area (Å²) in [4.78, 5) is 0.0640. The second kappa shape index (κ2) is 6.59. The van der Waals surface area contributed by atoms with Crippen molar-refractivity contribution in [1.29, 1.82) is 0 Å². The van der Waals surface area contributed by atoms with Crippen molar-refractivity contribution in [2.45, 2.75) is 43.8 Å². The molecule has 1 aromatic rings. The van der Waals surface area contributed by atoms with Gasteiger partial charge in [-0.05, 0) is 36.3 Å². The summed E-state index contributed by atoms with van der Waals surface area (Å²) in [6.45, 7) is 5.93. The summed E-state index contributed by atoms with van der Waals surface area (Å²) in [5.74, 6) is 0. The molecule has 0 atom stereocenters. The summed E-state index contributed by atoms with van der Waals surface area (Å²) < 4.78 is 30.2. The molecule has 0 bridgehead atoms. The predicted octanol–water partition coefficient (Wildman–Crippen LogP) is 4.70. The topological polar surface area (TPSA) is 43.4 Å². The first-order chi connectivity index (χ1) is 8.80. The molecule has 0 aliphatic heterocycles.